The standard InChI is InChI=1S/C16H19BrS/c1-11-7-5-6-8-12(11)15(17)13-9-10-14(18-13)16(2,3)4/h5-10,15H,1-4H3. The second-order valence-electron chi connectivity index (χ2n) is 5.67. The van der Waals surface area contributed by atoms with Crippen molar-refractivity contribution in [2.75, 3.05) is 0 Å². The minimum atomic E-state index is 0.237. The van der Waals surface area contributed by atoms with Crippen molar-refractivity contribution in [1.82, 2.24) is 0 Å². The first-order chi connectivity index (χ1) is 8.39. The Morgan fingerprint density at radius 1 is 1.06 bits per heavy atom. The van der Waals surface area contributed by atoms with Gasteiger partial charge >= 0.3 is 0 Å². The van der Waals surface area contributed by atoms with Gasteiger partial charge in [0, 0.05) is 9.75 Å². The van der Waals surface area contributed by atoms with Crippen molar-refractivity contribution in [3.8, 4) is 0 Å². The van der Waals surface area contributed by atoms with E-state index in [9.17, 15) is 0 Å². The molecule has 0 aliphatic rings. The highest BCUT2D eigenvalue weighted by Gasteiger charge is 2.20. The highest BCUT2D eigenvalue weighted by atomic mass is 79.9. The van der Waals surface area contributed by atoms with Crippen LogP contribution in [0.5, 0.6) is 0 Å². The van der Waals surface area contributed by atoms with Crippen LogP contribution in [0.15, 0.2) is 36.4 Å². The molecule has 2 aromatic rings. The number of halogens is 1. The molecule has 1 atom stereocenters. The lowest BCUT2D eigenvalue weighted by Gasteiger charge is -2.16. The molecule has 0 bridgehead atoms. The summed E-state index contributed by atoms with van der Waals surface area (Å²) >= 11 is 5.74. The summed E-state index contributed by atoms with van der Waals surface area (Å²) in [5.74, 6) is 0. The molecule has 0 N–H and O–H groups in total. The van der Waals surface area contributed by atoms with Crippen LogP contribution >= 0.6 is 27.3 Å². The Labute approximate surface area is 122 Å². The summed E-state index contributed by atoms with van der Waals surface area (Å²) in [6.45, 7) is 8.96. The molecule has 1 aromatic carbocycles. The summed E-state index contributed by atoms with van der Waals surface area (Å²) in [4.78, 5) is 3.13. The lowest BCUT2D eigenvalue weighted by Crippen LogP contribution is -2.07. The van der Waals surface area contributed by atoms with Crippen molar-refractivity contribution in [3.05, 3.63) is 57.3 Å². The van der Waals surface area contributed by atoms with Crippen LogP contribution in [0.25, 0.3) is 0 Å². The predicted molar refractivity (Wildman–Crippen MR) is 85.0 cm³/mol. The van der Waals surface area contributed by atoms with Gasteiger partial charge in [0.25, 0.3) is 0 Å². The van der Waals surface area contributed by atoms with Crippen LogP contribution in [0.1, 0.15) is 46.5 Å². The maximum absolute atomic E-state index is 3.84. The molecular weight excluding hydrogens is 304 g/mol. The Bertz CT molecular complexity index is 534. The summed E-state index contributed by atoms with van der Waals surface area (Å²) in [5.41, 5.74) is 2.94. The van der Waals surface area contributed by atoms with Crippen LogP contribution in [0, 0.1) is 6.92 Å². The molecule has 0 nitrogen and oxygen atoms in total. The highest BCUT2D eigenvalue weighted by molar-refractivity contribution is 9.09. The van der Waals surface area contributed by atoms with Gasteiger partial charge in [0.1, 0.15) is 0 Å². The summed E-state index contributed by atoms with van der Waals surface area (Å²) < 4.78 is 0. The highest BCUT2D eigenvalue weighted by Crippen LogP contribution is 2.39. The largest absolute Gasteiger partial charge is 0.143 e. The molecule has 96 valence electrons. The average molecular weight is 323 g/mol. The van der Waals surface area contributed by atoms with Crippen LogP contribution in [0.3, 0.4) is 0 Å². The molecule has 18 heavy (non-hydrogen) atoms. The molecule has 0 spiro atoms. The minimum Gasteiger partial charge on any atom is -0.143 e. The summed E-state index contributed by atoms with van der Waals surface area (Å²) in [7, 11) is 0. The van der Waals surface area contributed by atoms with Gasteiger partial charge in [-0.05, 0) is 35.6 Å². The van der Waals surface area contributed by atoms with Crippen LogP contribution in [0.2, 0.25) is 0 Å². The van der Waals surface area contributed by atoms with E-state index in [1.165, 1.54) is 20.9 Å². The van der Waals surface area contributed by atoms with Gasteiger partial charge in [0.05, 0.1) is 4.83 Å². The van der Waals surface area contributed by atoms with Crippen molar-refractivity contribution in [2.24, 2.45) is 0 Å². The Balaban J connectivity index is 2.33. The summed E-state index contributed by atoms with van der Waals surface area (Å²) in [5, 5.41) is 0. The average Bonchev–Trinajstić information content (AvgIpc) is 2.77. The molecule has 1 heterocycles. The van der Waals surface area contributed by atoms with Crippen molar-refractivity contribution in [2.45, 2.75) is 37.9 Å². The lowest BCUT2D eigenvalue weighted by molar-refractivity contribution is 0.604. The molecular formula is C16H19BrS. The van der Waals surface area contributed by atoms with Crippen molar-refractivity contribution in [3.63, 3.8) is 0 Å². The van der Waals surface area contributed by atoms with E-state index in [4.69, 9.17) is 0 Å². The van der Waals surface area contributed by atoms with Gasteiger partial charge in [0.2, 0.25) is 0 Å². The molecule has 1 unspecified atom stereocenters. The first-order valence-corrected chi connectivity index (χ1v) is 7.92. The number of hydrogen-bond donors (Lipinski definition) is 0. The van der Waals surface area contributed by atoms with E-state index in [0.29, 0.717) is 4.83 Å². The van der Waals surface area contributed by atoms with E-state index >= 15 is 0 Å². The molecule has 0 amide bonds. The molecule has 0 fully saturated rings. The normalized spacial score (nSPS) is 13.6. The molecule has 2 heteroatoms. The lowest BCUT2D eigenvalue weighted by atomic mass is 9.95. The molecule has 0 saturated heterocycles. The zero-order valence-electron chi connectivity index (χ0n) is 11.3. The van der Waals surface area contributed by atoms with Crippen LogP contribution in [-0.2, 0) is 5.41 Å². The van der Waals surface area contributed by atoms with Crippen molar-refractivity contribution < 1.29 is 0 Å². The molecule has 0 aliphatic heterocycles. The van der Waals surface area contributed by atoms with Gasteiger partial charge in [-0.3, -0.25) is 0 Å². The summed E-state index contributed by atoms with van der Waals surface area (Å²) in [6, 6.07) is 13.1. The first kappa shape index (κ1) is 13.8. The predicted octanol–water partition coefficient (Wildman–Crippen LogP) is 5.84. The topological polar surface area (TPSA) is 0 Å². The van der Waals surface area contributed by atoms with Gasteiger partial charge in [0.15, 0.2) is 0 Å². The van der Waals surface area contributed by atoms with Gasteiger partial charge < -0.3 is 0 Å². The van der Waals surface area contributed by atoms with Gasteiger partial charge in [-0.1, -0.05) is 61.0 Å². The Kier molecular flexibility index (Phi) is 3.98. The third kappa shape index (κ3) is 2.86. The maximum atomic E-state index is 3.84. The number of benzene rings is 1. The fraction of sp³-hybridized carbons (Fsp3) is 0.375. The monoisotopic (exact) mass is 322 g/mol. The zero-order valence-corrected chi connectivity index (χ0v) is 13.7. The Hall–Kier alpha value is -0.600. The van der Waals surface area contributed by atoms with Crippen molar-refractivity contribution >= 4 is 27.3 Å². The number of alkyl halides is 1. The van der Waals surface area contributed by atoms with Crippen LogP contribution < -0.4 is 0 Å². The number of hydrogen-bond acceptors (Lipinski definition) is 1. The quantitative estimate of drug-likeness (QED) is 0.609. The second kappa shape index (κ2) is 5.18. The molecule has 1 aromatic heterocycles. The molecule has 0 aliphatic carbocycles. The first-order valence-electron chi connectivity index (χ1n) is 6.19. The van der Waals surface area contributed by atoms with Gasteiger partial charge in [-0.2, -0.15) is 0 Å². The number of rotatable bonds is 2. The second-order valence-corrected chi connectivity index (χ2v) is 7.70. The number of thiophene rings is 1. The zero-order chi connectivity index (χ0) is 13.3. The van der Waals surface area contributed by atoms with E-state index < -0.39 is 0 Å². The maximum Gasteiger partial charge on any atom is 0.0740 e. The van der Waals surface area contributed by atoms with E-state index in [1.54, 1.807) is 0 Å². The number of aryl methyl sites for hydroxylation is 1. The third-order valence-electron chi connectivity index (χ3n) is 3.08. The van der Waals surface area contributed by atoms with Crippen molar-refractivity contribution in [1.29, 1.82) is 0 Å². The molecule has 0 radical (unpaired) electrons. The smallest absolute Gasteiger partial charge is 0.0740 e. The minimum absolute atomic E-state index is 0.237. The fourth-order valence-corrected chi connectivity index (χ4v) is 3.93. The molecule has 0 saturated carbocycles. The Morgan fingerprint density at radius 3 is 2.28 bits per heavy atom. The third-order valence-corrected chi connectivity index (χ3v) is 5.94. The van der Waals surface area contributed by atoms with Crippen LogP contribution in [-0.4, -0.2) is 0 Å². The van der Waals surface area contributed by atoms with E-state index in [2.05, 4.69) is 80.0 Å². The Morgan fingerprint density at radius 2 is 1.72 bits per heavy atom. The van der Waals surface area contributed by atoms with E-state index in [0.717, 1.165) is 0 Å². The van der Waals surface area contributed by atoms with E-state index in [1.807, 2.05) is 11.3 Å². The summed E-state index contributed by atoms with van der Waals surface area (Å²) in [6.07, 6.45) is 0. The van der Waals surface area contributed by atoms with Crippen LogP contribution in [0.4, 0.5) is 0 Å². The van der Waals surface area contributed by atoms with E-state index in [-0.39, 0.29) is 5.41 Å². The molecule has 2 rings (SSSR count). The van der Waals surface area contributed by atoms with Gasteiger partial charge in [-0.15, -0.1) is 11.3 Å². The van der Waals surface area contributed by atoms with Gasteiger partial charge in [-0.25, -0.2) is 0 Å². The SMILES string of the molecule is Cc1ccccc1C(Br)c1ccc(C(C)(C)C)s1. The fourth-order valence-electron chi connectivity index (χ4n) is 1.92.